The largest absolute Gasteiger partial charge is 0.390 e. The molecule has 0 aromatic heterocycles. The number of Topliss-reactive ketones (excluding diaryl/α,β-unsaturated/α-hetero) is 2. The summed E-state index contributed by atoms with van der Waals surface area (Å²) < 4.78 is 5.83. The van der Waals surface area contributed by atoms with Crippen molar-refractivity contribution in [1.82, 2.24) is 0 Å². The summed E-state index contributed by atoms with van der Waals surface area (Å²) in [6.07, 6.45) is 5.11. The number of hydrogen-bond acceptors (Lipinski definition) is 4. The molecule has 4 saturated carbocycles. The molecule has 0 aliphatic heterocycles. The molecule has 4 aliphatic rings. The number of ether oxygens (including phenoxy) is 1. The zero-order valence-electron chi connectivity index (χ0n) is 15.8. The molecule has 4 aliphatic carbocycles. The average Bonchev–Trinajstić information content (AvgIpc) is 2.83. The Morgan fingerprint density at radius 2 is 1.96 bits per heavy atom. The lowest BCUT2D eigenvalue weighted by Crippen LogP contribution is -2.60. The maximum atomic E-state index is 13.3. The van der Waals surface area contributed by atoms with Gasteiger partial charge in [0.15, 0.2) is 0 Å². The Kier molecular flexibility index (Phi) is 4.16. The minimum atomic E-state index is -0.411. The van der Waals surface area contributed by atoms with E-state index in [4.69, 9.17) is 4.74 Å². The predicted octanol–water partition coefficient (Wildman–Crippen LogP) is 3.15. The molecule has 0 bridgehead atoms. The van der Waals surface area contributed by atoms with Gasteiger partial charge in [-0.05, 0) is 62.2 Å². The maximum Gasteiger partial charge on any atom is 0.139 e. The van der Waals surface area contributed by atoms with Crippen LogP contribution < -0.4 is 0 Å². The van der Waals surface area contributed by atoms with Gasteiger partial charge in [-0.3, -0.25) is 9.59 Å². The quantitative estimate of drug-likeness (QED) is 0.833. The van der Waals surface area contributed by atoms with E-state index in [9.17, 15) is 14.7 Å². The van der Waals surface area contributed by atoms with Crippen molar-refractivity contribution < 1.29 is 19.4 Å². The third-order valence-corrected chi connectivity index (χ3v) is 8.44. The van der Waals surface area contributed by atoms with Crippen LogP contribution in [0.25, 0.3) is 0 Å². The fourth-order valence-corrected chi connectivity index (χ4v) is 7.24. The molecule has 0 spiro atoms. The number of aliphatic hydroxyl groups is 1. The van der Waals surface area contributed by atoms with E-state index >= 15 is 0 Å². The summed E-state index contributed by atoms with van der Waals surface area (Å²) in [6.45, 7) is 6.87. The van der Waals surface area contributed by atoms with E-state index in [1.54, 1.807) is 0 Å². The molecule has 140 valence electrons. The number of carbonyl (C=O) groups is 2. The Balaban J connectivity index is 1.67. The number of fused-ring (bicyclic) bond motifs is 5. The van der Waals surface area contributed by atoms with Crippen LogP contribution in [-0.2, 0) is 14.3 Å². The van der Waals surface area contributed by atoms with Crippen molar-refractivity contribution in [2.45, 2.75) is 77.9 Å². The fourth-order valence-electron chi connectivity index (χ4n) is 7.24. The molecule has 0 aromatic carbocycles. The van der Waals surface area contributed by atoms with Crippen LogP contribution >= 0.6 is 0 Å². The number of hydrogen-bond donors (Lipinski definition) is 1. The van der Waals surface area contributed by atoms with Crippen molar-refractivity contribution in [3.05, 3.63) is 0 Å². The van der Waals surface area contributed by atoms with Gasteiger partial charge in [0.25, 0.3) is 0 Å². The van der Waals surface area contributed by atoms with Gasteiger partial charge in [0, 0.05) is 30.8 Å². The highest BCUT2D eigenvalue weighted by Gasteiger charge is 2.64. The second-order valence-electron chi connectivity index (χ2n) is 9.55. The van der Waals surface area contributed by atoms with Crippen LogP contribution in [-0.4, -0.2) is 35.5 Å². The lowest BCUT2D eigenvalue weighted by atomic mass is 9.44. The van der Waals surface area contributed by atoms with E-state index < -0.39 is 11.5 Å². The van der Waals surface area contributed by atoms with Gasteiger partial charge in [0.1, 0.15) is 11.6 Å². The van der Waals surface area contributed by atoms with Crippen molar-refractivity contribution in [1.29, 1.82) is 0 Å². The molecule has 8 atom stereocenters. The highest BCUT2D eigenvalue weighted by molar-refractivity contribution is 5.95. The molecule has 4 fully saturated rings. The second kappa shape index (κ2) is 5.88. The molecule has 4 nitrogen and oxygen atoms in total. The first-order chi connectivity index (χ1) is 11.8. The van der Waals surface area contributed by atoms with Gasteiger partial charge >= 0.3 is 0 Å². The van der Waals surface area contributed by atoms with Crippen molar-refractivity contribution in [2.24, 2.45) is 34.5 Å². The van der Waals surface area contributed by atoms with Gasteiger partial charge in [0.05, 0.1) is 12.2 Å². The van der Waals surface area contributed by atoms with E-state index in [-0.39, 0.29) is 17.4 Å². The van der Waals surface area contributed by atoms with Gasteiger partial charge in [0.2, 0.25) is 0 Å². The van der Waals surface area contributed by atoms with Crippen LogP contribution in [0.5, 0.6) is 0 Å². The molecular formula is C21H32O4. The zero-order valence-corrected chi connectivity index (χ0v) is 15.8. The SMILES string of the molecule is CCOC1C[C@@]2(C)C(CC[C@@H]3[C@H]2C(=O)C[C@]2(C)C(=O)CC[C@@H]32)CC1O. The molecule has 1 N–H and O–H groups in total. The predicted molar refractivity (Wildman–Crippen MR) is 93.9 cm³/mol. The first-order valence-corrected chi connectivity index (χ1v) is 10.2. The molecule has 0 radical (unpaired) electrons. The van der Waals surface area contributed by atoms with Gasteiger partial charge in [-0.25, -0.2) is 0 Å². The summed E-state index contributed by atoms with van der Waals surface area (Å²) in [5.41, 5.74) is -0.499. The minimum absolute atomic E-state index is 0.0469. The molecule has 0 heterocycles. The lowest BCUT2D eigenvalue weighted by Gasteiger charge is -2.59. The summed E-state index contributed by atoms with van der Waals surface area (Å²) in [5.74, 6) is 1.77. The number of aliphatic hydroxyl groups excluding tert-OH is 1. The van der Waals surface area contributed by atoms with Crippen LogP contribution in [0.4, 0.5) is 0 Å². The van der Waals surface area contributed by atoms with E-state index in [0.717, 1.165) is 32.1 Å². The van der Waals surface area contributed by atoms with Gasteiger partial charge in [-0.1, -0.05) is 13.8 Å². The number of rotatable bonds is 2. The Morgan fingerprint density at radius 3 is 2.68 bits per heavy atom. The summed E-state index contributed by atoms with van der Waals surface area (Å²) in [4.78, 5) is 25.8. The molecule has 4 rings (SSSR count). The number of carbonyl (C=O) groups excluding carboxylic acids is 2. The summed E-state index contributed by atoms with van der Waals surface area (Å²) >= 11 is 0. The maximum absolute atomic E-state index is 13.3. The van der Waals surface area contributed by atoms with E-state index in [0.29, 0.717) is 48.8 Å². The van der Waals surface area contributed by atoms with Crippen LogP contribution in [0, 0.1) is 34.5 Å². The zero-order chi connectivity index (χ0) is 18.0. The van der Waals surface area contributed by atoms with Crippen molar-refractivity contribution in [3.63, 3.8) is 0 Å². The van der Waals surface area contributed by atoms with Crippen molar-refractivity contribution in [2.75, 3.05) is 6.61 Å². The first-order valence-electron chi connectivity index (χ1n) is 10.2. The lowest BCUT2D eigenvalue weighted by molar-refractivity contribution is -0.178. The topological polar surface area (TPSA) is 63.6 Å². The minimum Gasteiger partial charge on any atom is -0.390 e. The molecule has 25 heavy (non-hydrogen) atoms. The van der Waals surface area contributed by atoms with Gasteiger partial charge in [-0.2, -0.15) is 0 Å². The molecule has 0 aromatic rings. The standard InChI is InChI=1S/C21H32O4/c1-4-25-17-11-20(2)12(9-15(17)22)5-6-13-14-7-8-18(24)21(14,3)10-16(23)19(13)20/h12-15,17,19,22H,4-11H2,1-3H3/t12?,13-,14-,15?,17?,19-,20-,21-/m0/s1. The highest BCUT2D eigenvalue weighted by Crippen LogP contribution is 2.64. The summed E-state index contributed by atoms with van der Waals surface area (Å²) in [6, 6.07) is 0. The van der Waals surface area contributed by atoms with Gasteiger partial charge in [-0.15, -0.1) is 0 Å². The Hall–Kier alpha value is -0.740. The first kappa shape index (κ1) is 17.7. The summed E-state index contributed by atoms with van der Waals surface area (Å²) in [5, 5.41) is 10.5. The van der Waals surface area contributed by atoms with E-state index in [1.807, 2.05) is 13.8 Å². The second-order valence-corrected chi connectivity index (χ2v) is 9.55. The molecule has 0 amide bonds. The molecule has 3 unspecified atom stereocenters. The van der Waals surface area contributed by atoms with Gasteiger partial charge < -0.3 is 9.84 Å². The third kappa shape index (κ3) is 2.39. The Bertz CT molecular complexity index is 586. The average molecular weight is 348 g/mol. The fraction of sp³-hybridized carbons (Fsp3) is 0.905. The summed E-state index contributed by atoms with van der Waals surface area (Å²) in [7, 11) is 0. The van der Waals surface area contributed by atoms with Crippen molar-refractivity contribution in [3.8, 4) is 0 Å². The molecule has 0 saturated heterocycles. The van der Waals surface area contributed by atoms with Crippen LogP contribution in [0.15, 0.2) is 0 Å². The third-order valence-electron chi connectivity index (χ3n) is 8.44. The normalized spacial score (nSPS) is 52.5. The Morgan fingerprint density at radius 1 is 1.20 bits per heavy atom. The molecule has 4 heteroatoms. The van der Waals surface area contributed by atoms with Crippen LogP contribution in [0.1, 0.15) is 65.7 Å². The van der Waals surface area contributed by atoms with E-state index in [2.05, 4.69) is 6.92 Å². The van der Waals surface area contributed by atoms with Crippen molar-refractivity contribution >= 4 is 11.6 Å². The smallest absolute Gasteiger partial charge is 0.139 e. The molecular weight excluding hydrogens is 316 g/mol. The van der Waals surface area contributed by atoms with Crippen LogP contribution in [0.2, 0.25) is 0 Å². The number of ketones is 2. The highest BCUT2D eigenvalue weighted by atomic mass is 16.5. The van der Waals surface area contributed by atoms with Crippen LogP contribution in [0.3, 0.4) is 0 Å². The monoisotopic (exact) mass is 348 g/mol. The Labute approximate surface area is 150 Å². The van der Waals surface area contributed by atoms with E-state index in [1.165, 1.54) is 0 Å².